The number of benzene rings is 2. The minimum absolute atomic E-state index is 0.235. The first-order valence-electron chi connectivity index (χ1n) is 10.1. The molecule has 2 aromatic heterocycles. The normalized spacial score (nSPS) is 14.7. The van der Waals surface area contributed by atoms with E-state index in [1.807, 2.05) is 12.1 Å². The number of nitrogens with one attached hydrogen (secondary N) is 1. The number of carbonyl (C=O) groups is 1. The zero-order valence-electron chi connectivity index (χ0n) is 16.3. The Bertz CT molecular complexity index is 1230. The van der Waals surface area contributed by atoms with Gasteiger partial charge in [0.05, 0.1) is 22.7 Å². The third kappa shape index (κ3) is 3.52. The van der Waals surface area contributed by atoms with Crippen molar-refractivity contribution in [1.29, 1.82) is 0 Å². The maximum atomic E-state index is 10.9. The van der Waals surface area contributed by atoms with Crippen LogP contribution in [-0.2, 0) is 0 Å². The molecule has 0 radical (unpaired) electrons. The quantitative estimate of drug-likeness (QED) is 0.380. The lowest BCUT2D eigenvalue weighted by Crippen LogP contribution is -2.26. The summed E-state index contributed by atoms with van der Waals surface area (Å²) in [5.74, 6) is 1.05. The average molecular weight is 403 g/mol. The molecule has 0 bridgehead atoms. The second-order valence-electron chi connectivity index (χ2n) is 7.49. The molecule has 1 saturated heterocycles. The van der Waals surface area contributed by atoms with Gasteiger partial charge in [0.25, 0.3) is 0 Å². The van der Waals surface area contributed by atoms with Crippen LogP contribution in [0.2, 0.25) is 0 Å². The van der Waals surface area contributed by atoms with Gasteiger partial charge < -0.3 is 14.7 Å². The predicted molar refractivity (Wildman–Crippen MR) is 114 cm³/mol. The summed E-state index contributed by atoms with van der Waals surface area (Å²) in [5, 5.41) is 17.0. The van der Waals surface area contributed by atoms with Gasteiger partial charge in [0.1, 0.15) is 11.4 Å². The fraction of sp³-hybridized carbons (Fsp3) is 0.273. The number of nitrogens with zero attached hydrogens (tertiary/aromatic N) is 4. The van der Waals surface area contributed by atoms with Crippen molar-refractivity contribution in [2.45, 2.75) is 25.7 Å². The summed E-state index contributed by atoms with van der Waals surface area (Å²) in [5.41, 5.74) is 4.07. The van der Waals surface area contributed by atoms with Crippen LogP contribution in [0.1, 0.15) is 25.7 Å². The number of rotatable bonds is 3. The van der Waals surface area contributed by atoms with Crippen LogP contribution in [0, 0.1) is 0 Å². The van der Waals surface area contributed by atoms with Crippen LogP contribution < -0.4 is 9.64 Å². The summed E-state index contributed by atoms with van der Waals surface area (Å²) < 4.78 is 4.81. The van der Waals surface area contributed by atoms with E-state index >= 15 is 0 Å². The van der Waals surface area contributed by atoms with Gasteiger partial charge in [0.15, 0.2) is 5.82 Å². The van der Waals surface area contributed by atoms with Crippen molar-refractivity contribution in [3.8, 4) is 17.0 Å². The zero-order valence-corrected chi connectivity index (χ0v) is 16.3. The minimum Gasteiger partial charge on any atom is -0.449 e. The largest absolute Gasteiger partial charge is 0.511 e. The number of carboxylic acid groups (broad SMARTS) is 1. The second kappa shape index (κ2) is 7.62. The molecule has 0 amide bonds. The molecule has 1 aliphatic rings. The Morgan fingerprint density at radius 1 is 1.00 bits per heavy atom. The summed E-state index contributed by atoms with van der Waals surface area (Å²) >= 11 is 0. The smallest absolute Gasteiger partial charge is 0.449 e. The molecule has 30 heavy (non-hydrogen) atoms. The van der Waals surface area contributed by atoms with E-state index in [2.05, 4.69) is 21.2 Å². The molecular weight excluding hydrogens is 382 g/mol. The van der Waals surface area contributed by atoms with Crippen molar-refractivity contribution in [1.82, 2.24) is 20.2 Å². The molecule has 5 rings (SSSR count). The number of aromatic amines is 1. The summed E-state index contributed by atoms with van der Waals surface area (Å²) in [6, 6.07) is 11.1. The number of H-pyrrole nitrogens is 1. The van der Waals surface area contributed by atoms with E-state index in [1.165, 1.54) is 12.8 Å². The van der Waals surface area contributed by atoms with Crippen LogP contribution >= 0.6 is 0 Å². The van der Waals surface area contributed by atoms with Crippen molar-refractivity contribution in [3.05, 3.63) is 42.6 Å². The van der Waals surface area contributed by atoms with E-state index in [9.17, 15) is 4.79 Å². The Labute approximate surface area is 172 Å². The summed E-state index contributed by atoms with van der Waals surface area (Å²) in [6.07, 6.45) is 5.10. The van der Waals surface area contributed by atoms with Gasteiger partial charge in [-0.1, -0.05) is 18.9 Å². The van der Waals surface area contributed by atoms with Gasteiger partial charge in [-0.05, 0) is 37.1 Å². The highest BCUT2D eigenvalue weighted by Crippen LogP contribution is 2.33. The summed E-state index contributed by atoms with van der Waals surface area (Å²) in [4.78, 5) is 23.0. The molecule has 152 valence electrons. The van der Waals surface area contributed by atoms with E-state index in [1.54, 1.807) is 24.4 Å². The van der Waals surface area contributed by atoms with Crippen LogP contribution in [0.5, 0.6) is 5.75 Å². The number of fused-ring (bicyclic) bond motifs is 2. The Morgan fingerprint density at radius 3 is 2.63 bits per heavy atom. The minimum atomic E-state index is -1.35. The van der Waals surface area contributed by atoms with E-state index in [0.717, 1.165) is 53.9 Å². The monoisotopic (exact) mass is 403 g/mol. The van der Waals surface area contributed by atoms with Crippen molar-refractivity contribution in [3.63, 3.8) is 0 Å². The van der Waals surface area contributed by atoms with Gasteiger partial charge in [-0.15, -0.1) is 0 Å². The number of aromatic nitrogens is 4. The maximum Gasteiger partial charge on any atom is 0.511 e. The molecule has 0 spiro atoms. The van der Waals surface area contributed by atoms with Crippen molar-refractivity contribution in [2.24, 2.45) is 0 Å². The van der Waals surface area contributed by atoms with E-state index < -0.39 is 6.16 Å². The van der Waals surface area contributed by atoms with Crippen LogP contribution in [0.25, 0.3) is 33.2 Å². The molecular formula is C22H21N5O3. The summed E-state index contributed by atoms with van der Waals surface area (Å²) in [7, 11) is 0. The maximum absolute atomic E-state index is 10.9. The third-order valence-electron chi connectivity index (χ3n) is 5.44. The highest BCUT2D eigenvalue weighted by atomic mass is 16.7. The standard InChI is InChI=1S/C22H21N5O3/c28-22(29)30-16-6-8-18-19(12-16)25-21(27-9-3-1-2-4-10-27)20(24-18)14-5-7-17-15(11-14)13-23-26-17/h5-8,11-13H,1-4,9-10H2,(H,23,26)(H,28,29). The van der Waals surface area contributed by atoms with Gasteiger partial charge in [-0.3, -0.25) is 5.10 Å². The molecule has 8 nitrogen and oxygen atoms in total. The fourth-order valence-corrected chi connectivity index (χ4v) is 3.98. The van der Waals surface area contributed by atoms with Crippen molar-refractivity contribution < 1.29 is 14.6 Å². The Kier molecular flexibility index (Phi) is 4.66. The molecule has 0 aliphatic carbocycles. The lowest BCUT2D eigenvalue weighted by atomic mass is 10.1. The SMILES string of the molecule is O=C(O)Oc1ccc2nc(-c3ccc4[nH]ncc4c3)c(N3CCCCCC3)nc2c1. The molecule has 3 heterocycles. The fourth-order valence-electron chi connectivity index (χ4n) is 3.98. The van der Waals surface area contributed by atoms with E-state index in [4.69, 9.17) is 19.8 Å². The van der Waals surface area contributed by atoms with Crippen LogP contribution in [0.3, 0.4) is 0 Å². The molecule has 2 aromatic carbocycles. The predicted octanol–water partition coefficient (Wildman–Crippen LogP) is 4.61. The van der Waals surface area contributed by atoms with Crippen LogP contribution in [0.4, 0.5) is 10.6 Å². The van der Waals surface area contributed by atoms with Crippen LogP contribution in [-0.4, -0.2) is 44.5 Å². The molecule has 8 heteroatoms. The Hall–Kier alpha value is -3.68. The molecule has 4 aromatic rings. The second-order valence-corrected chi connectivity index (χ2v) is 7.49. The first-order valence-corrected chi connectivity index (χ1v) is 10.1. The van der Waals surface area contributed by atoms with E-state index in [-0.39, 0.29) is 5.75 Å². The molecule has 2 N–H and O–H groups in total. The van der Waals surface area contributed by atoms with Crippen LogP contribution in [0.15, 0.2) is 42.6 Å². The highest BCUT2D eigenvalue weighted by Gasteiger charge is 2.19. The highest BCUT2D eigenvalue weighted by molar-refractivity contribution is 5.89. The zero-order chi connectivity index (χ0) is 20.5. The average Bonchev–Trinajstić information content (AvgIpc) is 3.04. The van der Waals surface area contributed by atoms with Gasteiger partial charge in [-0.25, -0.2) is 14.8 Å². The molecule has 1 fully saturated rings. The van der Waals surface area contributed by atoms with Gasteiger partial charge in [0.2, 0.25) is 0 Å². The van der Waals surface area contributed by atoms with E-state index in [0.29, 0.717) is 11.0 Å². The topological polar surface area (TPSA) is 104 Å². The lowest BCUT2D eigenvalue weighted by molar-refractivity contribution is 0.144. The van der Waals surface area contributed by atoms with Gasteiger partial charge in [-0.2, -0.15) is 5.10 Å². The number of ether oxygens (including phenoxy) is 1. The first-order chi connectivity index (χ1) is 14.7. The molecule has 0 unspecified atom stereocenters. The third-order valence-corrected chi connectivity index (χ3v) is 5.44. The lowest BCUT2D eigenvalue weighted by Gasteiger charge is -2.24. The number of hydrogen-bond donors (Lipinski definition) is 2. The van der Waals surface area contributed by atoms with Crippen molar-refractivity contribution in [2.75, 3.05) is 18.0 Å². The first kappa shape index (κ1) is 18.4. The molecule has 0 saturated carbocycles. The van der Waals surface area contributed by atoms with Crippen molar-refractivity contribution >= 4 is 33.9 Å². The molecule has 1 aliphatic heterocycles. The summed E-state index contributed by atoms with van der Waals surface area (Å²) in [6.45, 7) is 1.85. The Morgan fingerprint density at radius 2 is 1.83 bits per heavy atom. The molecule has 0 atom stereocenters. The van der Waals surface area contributed by atoms with Gasteiger partial charge >= 0.3 is 6.16 Å². The van der Waals surface area contributed by atoms with Gasteiger partial charge in [0, 0.05) is 30.1 Å². The number of anilines is 1. The number of hydrogen-bond acceptors (Lipinski definition) is 6. The Balaban J connectivity index is 1.67.